The van der Waals surface area contributed by atoms with Gasteiger partial charge in [0.15, 0.2) is 0 Å². The van der Waals surface area contributed by atoms with Crippen molar-refractivity contribution in [2.75, 3.05) is 7.11 Å². The highest BCUT2D eigenvalue weighted by atomic mass is 16.7. The summed E-state index contributed by atoms with van der Waals surface area (Å²) in [5.74, 6) is 1.42. The van der Waals surface area contributed by atoms with E-state index in [1.54, 1.807) is 7.11 Å². The Morgan fingerprint density at radius 1 is 1.11 bits per heavy atom. The number of ether oxygens (including phenoxy) is 4. The average Bonchev–Trinajstić information content (AvgIpc) is 2.88. The molecule has 5 nitrogen and oxygen atoms in total. The maximum atomic E-state index is 11.6. The van der Waals surface area contributed by atoms with Gasteiger partial charge in [-0.15, -0.1) is 0 Å². The number of carbonyl (C=O) groups is 1. The molecule has 5 heteroatoms. The van der Waals surface area contributed by atoms with Gasteiger partial charge in [-0.1, -0.05) is 78.5 Å². The summed E-state index contributed by atoms with van der Waals surface area (Å²) in [6.07, 6.45) is 4.52. The summed E-state index contributed by atoms with van der Waals surface area (Å²) < 4.78 is 23.5. The normalized spacial score (nSPS) is 23.8. The second-order valence-corrected chi connectivity index (χ2v) is 8.44. The smallest absolute Gasteiger partial charge is 0.303 e. The summed E-state index contributed by atoms with van der Waals surface area (Å²) in [4.78, 5) is 11.6. The van der Waals surface area contributed by atoms with Crippen molar-refractivity contribution in [3.8, 4) is 0 Å². The summed E-state index contributed by atoms with van der Waals surface area (Å²) in [7, 11) is 1.64. The predicted molar refractivity (Wildman–Crippen MR) is 150 cm³/mol. The molecule has 1 aliphatic rings. The van der Waals surface area contributed by atoms with Crippen molar-refractivity contribution in [1.82, 2.24) is 0 Å². The molecule has 1 heterocycles. The first kappa shape index (κ1) is 33.5. The Morgan fingerprint density at radius 3 is 2.28 bits per heavy atom. The lowest BCUT2D eigenvalue weighted by Gasteiger charge is -2.44. The van der Waals surface area contributed by atoms with Gasteiger partial charge in [-0.05, 0) is 50.0 Å². The van der Waals surface area contributed by atoms with Crippen LogP contribution < -0.4 is 0 Å². The monoisotopic (exact) mass is 502 g/mol. The largest absolute Gasteiger partial charge is 0.501 e. The molecule has 0 saturated carbocycles. The van der Waals surface area contributed by atoms with Crippen LogP contribution in [0, 0.1) is 11.8 Å². The fourth-order valence-electron chi connectivity index (χ4n) is 4.26. The Hall–Kier alpha value is -2.53. The second-order valence-electron chi connectivity index (χ2n) is 8.44. The van der Waals surface area contributed by atoms with Crippen LogP contribution in [0.5, 0.6) is 0 Å². The minimum Gasteiger partial charge on any atom is -0.501 e. The van der Waals surface area contributed by atoms with Gasteiger partial charge in [0.25, 0.3) is 0 Å². The highest BCUT2D eigenvalue weighted by Gasteiger charge is 2.44. The number of hydrogen-bond acceptors (Lipinski definition) is 5. The van der Waals surface area contributed by atoms with E-state index in [4.69, 9.17) is 18.9 Å². The van der Waals surface area contributed by atoms with E-state index in [1.165, 1.54) is 6.92 Å². The Balaban J connectivity index is 0.00000291. The Labute approximate surface area is 220 Å². The van der Waals surface area contributed by atoms with E-state index < -0.39 is 6.29 Å². The van der Waals surface area contributed by atoms with Gasteiger partial charge in [-0.2, -0.15) is 0 Å². The van der Waals surface area contributed by atoms with Gasteiger partial charge in [0.05, 0.1) is 19.0 Å². The number of carbonyl (C=O) groups excluding carboxylic acids is 1. The lowest BCUT2D eigenvalue weighted by Crippen LogP contribution is -2.51. The van der Waals surface area contributed by atoms with Gasteiger partial charge in [0.1, 0.15) is 11.9 Å². The summed E-state index contributed by atoms with van der Waals surface area (Å²) in [6.45, 7) is 23.5. The maximum Gasteiger partial charge on any atom is 0.303 e. The Morgan fingerprint density at radius 2 is 1.75 bits per heavy atom. The topological polar surface area (TPSA) is 54.0 Å². The minimum absolute atomic E-state index is 0.0602. The van der Waals surface area contributed by atoms with Crippen molar-refractivity contribution >= 4 is 11.5 Å². The predicted octanol–water partition coefficient (Wildman–Crippen LogP) is 8.10. The lowest BCUT2D eigenvalue weighted by atomic mass is 9.81. The van der Waals surface area contributed by atoms with Crippen molar-refractivity contribution in [2.24, 2.45) is 11.8 Å². The van der Waals surface area contributed by atoms with E-state index in [1.807, 2.05) is 59.8 Å². The fourth-order valence-corrected chi connectivity index (χ4v) is 4.26. The molecule has 1 aliphatic heterocycles. The Bertz CT molecular complexity index is 854. The zero-order valence-corrected chi connectivity index (χ0v) is 24.5. The van der Waals surface area contributed by atoms with E-state index in [0.29, 0.717) is 6.42 Å². The van der Waals surface area contributed by atoms with Crippen molar-refractivity contribution < 1.29 is 23.7 Å². The number of benzene rings is 1. The number of allylic oxidation sites excluding steroid dienone is 4. The van der Waals surface area contributed by atoms with Crippen LogP contribution in [0.25, 0.3) is 5.57 Å². The van der Waals surface area contributed by atoms with E-state index in [2.05, 4.69) is 45.5 Å². The molecule has 1 aromatic carbocycles. The summed E-state index contributed by atoms with van der Waals surface area (Å²) in [5.41, 5.74) is 3.21. The van der Waals surface area contributed by atoms with Crippen LogP contribution in [0.3, 0.4) is 0 Å². The lowest BCUT2D eigenvalue weighted by molar-refractivity contribution is -0.252. The van der Waals surface area contributed by atoms with Crippen LogP contribution in [0.1, 0.15) is 86.8 Å². The van der Waals surface area contributed by atoms with Crippen LogP contribution in [-0.4, -0.2) is 31.6 Å². The highest BCUT2D eigenvalue weighted by Crippen LogP contribution is 2.37. The first-order valence-corrected chi connectivity index (χ1v) is 13.4. The van der Waals surface area contributed by atoms with Crippen molar-refractivity contribution in [1.29, 1.82) is 0 Å². The minimum atomic E-state index is -0.431. The number of hydrogen-bond donors (Lipinski definition) is 0. The molecule has 36 heavy (non-hydrogen) atoms. The van der Waals surface area contributed by atoms with Crippen LogP contribution in [0.15, 0.2) is 54.5 Å². The molecule has 2 rings (SSSR count). The van der Waals surface area contributed by atoms with Gasteiger partial charge in [0.2, 0.25) is 6.29 Å². The summed E-state index contributed by atoms with van der Waals surface area (Å²) in [5, 5.41) is 0. The molecule has 0 amide bonds. The molecule has 1 aromatic rings. The third-order valence-corrected chi connectivity index (χ3v) is 6.09. The molecule has 0 N–H and O–H groups in total. The van der Waals surface area contributed by atoms with Crippen molar-refractivity contribution in [2.45, 2.75) is 101 Å². The molecule has 1 saturated heterocycles. The van der Waals surface area contributed by atoms with Crippen molar-refractivity contribution in [3.05, 3.63) is 65.6 Å². The number of methoxy groups -OCH3 is 1. The molecule has 5 atom stereocenters. The molecule has 0 aliphatic carbocycles. The van der Waals surface area contributed by atoms with E-state index in [-0.39, 0.29) is 30.0 Å². The summed E-state index contributed by atoms with van der Waals surface area (Å²) >= 11 is 0. The second kappa shape index (κ2) is 17.8. The van der Waals surface area contributed by atoms with Gasteiger partial charge >= 0.3 is 5.97 Å². The van der Waals surface area contributed by atoms with E-state index in [0.717, 1.165) is 34.6 Å². The molecule has 1 fully saturated rings. The average molecular weight is 503 g/mol. The molecule has 204 valence electrons. The third kappa shape index (κ3) is 9.85. The molecule has 0 radical (unpaired) electrons. The first-order chi connectivity index (χ1) is 17.2. The highest BCUT2D eigenvalue weighted by molar-refractivity contribution is 5.68. The van der Waals surface area contributed by atoms with E-state index >= 15 is 0 Å². The summed E-state index contributed by atoms with van der Waals surface area (Å²) in [6, 6.07) is 8.29. The molecular formula is C31H50O5. The first-order valence-electron chi connectivity index (χ1n) is 13.4. The van der Waals surface area contributed by atoms with Crippen LogP contribution in [0.4, 0.5) is 0 Å². The zero-order chi connectivity index (χ0) is 27.8. The Kier molecular flexibility index (Phi) is 16.6. The molecule has 0 aromatic heterocycles. The van der Waals surface area contributed by atoms with Gasteiger partial charge < -0.3 is 18.9 Å². The molecule has 5 unspecified atom stereocenters. The molecule has 0 spiro atoms. The maximum absolute atomic E-state index is 11.6. The van der Waals surface area contributed by atoms with Crippen LogP contribution in [-0.2, 0) is 30.2 Å². The van der Waals surface area contributed by atoms with Crippen LogP contribution >= 0.6 is 0 Å². The molecule has 0 bridgehead atoms. The van der Waals surface area contributed by atoms with Gasteiger partial charge in [-0.3, -0.25) is 4.79 Å². The van der Waals surface area contributed by atoms with Gasteiger partial charge in [-0.25, -0.2) is 0 Å². The third-order valence-electron chi connectivity index (χ3n) is 6.09. The van der Waals surface area contributed by atoms with Crippen LogP contribution in [0.2, 0.25) is 0 Å². The standard InChI is InChI=1S/C27H38O5.2C2H6/c1-9-12-25(18(4)23-14-11-13-22(16-23)15-17(3)29-8)32-27-19(5)24(10-2)26(20(6)30-27)31-21(7)28;2*1-2/h9,11-14,16,19-20,24,26-27H,3,10,15H2,1-2,4-8H3;2*1-2H3/b12-9-,25-18-;;. The quantitative estimate of drug-likeness (QED) is 0.194. The van der Waals surface area contributed by atoms with Crippen molar-refractivity contribution in [3.63, 3.8) is 0 Å². The number of esters is 1. The fraction of sp³-hybridized carbons (Fsp3) is 0.581. The van der Waals surface area contributed by atoms with Gasteiger partial charge in [0, 0.05) is 25.2 Å². The number of rotatable bonds is 9. The SMILES string of the molecule is C=C(Cc1cccc(/C(C)=C(/C=C\C)OC2OC(C)C(OC(C)=O)C(CC)C2C)c1)OC.CC.CC. The van der Waals surface area contributed by atoms with E-state index in [9.17, 15) is 4.79 Å². The zero-order valence-electron chi connectivity index (χ0n) is 24.5. The molecular weight excluding hydrogens is 452 g/mol.